The van der Waals surface area contributed by atoms with Crippen LogP contribution >= 0.6 is 31.9 Å². The summed E-state index contributed by atoms with van der Waals surface area (Å²) in [5.74, 6) is 0. The summed E-state index contributed by atoms with van der Waals surface area (Å²) in [6, 6.07) is 0. The van der Waals surface area contributed by atoms with E-state index >= 15 is 0 Å². The fraction of sp³-hybridized carbons (Fsp3) is 0.800. The van der Waals surface area contributed by atoms with Crippen molar-refractivity contribution in [1.82, 2.24) is 0 Å². The zero-order valence-electron chi connectivity index (χ0n) is 6.13. The molecule has 0 aliphatic carbocycles. The van der Waals surface area contributed by atoms with Crippen LogP contribution in [-0.2, 0) is 0 Å². The Kier molecular flexibility index (Phi) is 18.2. The summed E-state index contributed by atoms with van der Waals surface area (Å²) >= 11 is 3.92. The molecule has 0 aromatic rings. The number of hydrogen-bond donors (Lipinski definition) is 0. The fourth-order valence-electron chi connectivity index (χ4n) is 0. The third kappa shape index (κ3) is 114. The van der Waals surface area contributed by atoms with Crippen molar-refractivity contribution in [3.63, 3.8) is 0 Å². The molecule has 0 spiro atoms. The van der Waals surface area contributed by atoms with Crippen molar-refractivity contribution in [1.29, 1.82) is 0 Å². The molecule has 0 heterocycles. The van der Waals surface area contributed by atoms with E-state index in [4.69, 9.17) is 0 Å². The van der Waals surface area contributed by atoms with Gasteiger partial charge in [0, 0.05) is 31.9 Å². The van der Waals surface area contributed by atoms with E-state index in [1.165, 1.54) is 6.42 Å². The zero-order valence-corrected chi connectivity index (χ0v) is 9.31. The molecular formula is C5H9Br2F2Li. The van der Waals surface area contributed by atoms with Gasteiger partial charge in [-0.3, -0.25) is 0 Å². The molecule has 0 N–H and O–H groups in total. The van der Waals surface area contributed by atoms with Crippen molar-refractivity contribution in [3.05, 3.63) is 6.92 Å². The van der Waals surface area contributed by atoms with Gasteiger partial charge in [-0.25, -0.2) is 0 Å². The van der Waals surface area contributed by atoms with Crippen LogP contribution in [0.1, 0.15) is 19.8 Å². The Labute approximate surface area is 89.6 Å². The average Bonchev–Trinajstić information content (AvgIpc) is 1.61. The van der Waals surface area contributed by atoms with Crippen LogP contribution in [0.3, 0.4) is 0 Å². The van der Waals surface area contributed by atoms with Crippen LogP contribution in [0.25, 0.3) is 0 Å². The second-order valence-corrected chi connectivity index (χ2v) is 4.34. The van der Waals surface area contributed by atoms with Gasteiger partial charge in [0.15, 0.2) is 0 Å². The molecule has 0 fully saturated rings. The summed E-state index contributed by atoms with van der Waals surface area (Å²) in [5, 5.41) is 0. The monoisotopic (exact) mass is 272 g/mol. The molecule has 0 radical (unpaired) electrons. The van der Waals surface area contributed by atoms with Crippen LogP contribution in [0.15, 0.2) is 0 Å². The van der Waals surface area contributed by atoms with Gasteiger partial charge in [-0.05, 0) is 0 Å². The van der Waals surface area contributed by atoms with Gasteiger partial charge in [-0.15, -0.1) is 0 Å². The first-order chi connectivity index (χ1) is 3.91. The maximum atomic E-state index is 10.9. The minimum absolute atomic E-state index is 0. The molecule has 0 amide bonds. The van der Waals surface area contributed by atoms with E-state index in [1.807, 2.05) is 31.9 Å². The van der Waals surface area contributed by atoms with Gasteiger partial charge in [-0.1, -0.05) is 13.3 Å². The minimum atomic E-state index is -2.88. The first kappa shape index (κ1) is 17.5. The van der Waals surface area contributed by atoms with Gasteiger partial charge >= 0.3 is 22.6 Å². The number of unbranched alkanes of at least 4 members (excludes halogenated alkanes) is 1. The van der Waals surface area contributed by atoms with Crippen LogP contribution < -0.4 is 18.9 Å². The fourth-order valence-corrected chi connectivity index (χ4v) is 0. The third-order valence-electron chi connectivity index (χ3n) is 0.354. The molecule has 0 nitrogen and oxygen atoms in total. The van der Waals surface area contributed by atoms with Crippen molar-refractivity contribution < 1.29 is 27.6 Å². The summed E-state index contributed by atoms with van der Waals surface area (Å²) < 4.78 is 18.8. The van der Waals surface area contributed by atoms with Crippen LogP contribution in [0.2, 0.25) is 0 Å². The predicted molar refractivity (Wildman–Crippen MR) is 43.1 cm³/mol. The van der Waals surface area contributed by atoms with Crippen molar-refractivity contribution in [3.8, 4) is 0 Å². The maximum absolute atomic E-state index is 10.9. The van der Waals surface area contributed by atoms with Gasteiger partial charge in [0.25, 0.3) is 0 Å². The van der Waals surface area contributed by atoms with Crippen LogP contribution in [0.5, 0.6) is 0 Å². The molecule has 0 aromatic carbocycles. The van der Waals surface area contributed by atoms with E-state index in [1.54, 1.807) is 0 Å². The number of rotatable bonds is 1. The molecule has 0 saturated heterocycles. The Morgan fingerprint density at radius 1 is 1.40 bits per heavy atom. The Bertz CT molecular complexity index is 48.1. The normalized spacial score (nSPS) is 9.00. The van der Waals surface area contributed by atoms with E-state index in [9.17, 15) is 8.78 Å². The molecular weight excluding hydrogens is 265 g/mol. The largest absolute Gasteiger partial charge is 1.00 e. The molecule has 0 saturated carbocycles. The summed E-state index contributed by atoms with van der Waals surface area (Å²) in [5.41, 5.74) is 0. The van der Waals surface area contributed by atoms with E-state index in [2.05, 4.69) is 13.8 Å². The predicted octanol–water partition coefficient (Wildman–Crippen LogP) is 0.951. The molecule has 10 heavy (non-hydrogen) atoms. The topological polar surface area (TPSA) is 0 Å². The van der Waals surface area contributed by atoms with E-state index < -0.39 is 3.74 Å². The average molecular weight is 274 g/mol. The molecule has 0 aliphatic heterocycles. The second kappa shape index (κ2) is 10.4. The van der Waals surface area contributed by atoms with Crippen molar-refractivity contribution in [2.24, 2.45) is 0 Å². The molecule has 0 rings (SSSR count). The summed E-state index contributed by atoms with van der Waals surface area (Å²) in [4.78, 5) is 0. The van der Waals surface area contributed by atoms with Crippen molar-refractivity contribution >= 4 is 31.9 Å². The molecule has 0 unspecified atom stereocenters. The minimum Gasteiger partial charge on any atom is -0.343 e. The standard InChI is InChI=1S/C4H9.CBr2F2.Li/c1-3-4-2;2-1(3,4)5;/h1,3-4H2,2H3;;/q-1;;+1. The molecule has 0 aliphatic rings. The van der Waals surface area contributed by atoms with E-state index in [0.717, 1.165) is 6.42 Å². The zero-order chi connectivity index (χ0) is 7.91. The molecule has 0 bridgehead atoms. The van der Waals surface area contributed by atoms with Gasteiger partial charge in [0.05, 0.1) is 0 Å². The van der Waals surface area contributed by atoms with Crippen LogP contribution in [-0.4, -0.2) is 3.74 Å². The Morgan fingerprint density at radius 3 is 1.50 bits per heavy atom. The number of hydrogen-bond acceptors (Lipinski definition) is 0. The Hall–Kier alpha value is 1.42. The SMILES string of the molecule is FC(F)(Br)Br.[CH2-]CCC.[Li+]. The van der Waals surface area contributed by atoms with E-state index in [0.29, 0.717) is 0 Å². The first-order valence-corrected chi connectivity index (χ1v) is 4.05. The molecule has 0 aromatic heterocycles. The second-order valence-electron chi connectivity index (χ2n) is 1.28. The molecule has 0 atom stereocenters. The summed E-state index contributed by atoms with van der Waals surface area (Å²) in [6.45, 7) is 5.72. The first-order valence-electron chi connectivity index (χ1n) is 2.46. The van der Waals surface area contributed by atoms with Crippen LogP contribution in [0, 0.1) is 6.92 Å². The van der Waals surface area contributed by atoms with Gasteiger partial charge in [0.1, 0.15) is 0 Å². The summed E-state index contributed by atoms with van der Waals surface area (Å²) in [7, 11) is 0. The number of halogens is 4. The quantitative estimate of drug-likeness (QED) is 0.379. The molecule has 5 heteroatoms. The third-order valence-corrected chi connectivity index (χ3v) is 0.354. The Morgan fingerprint density at radius 2 is 1.50 bits per heavy atom. The van der Waals surface area contributed by atoms with Gasteiger partial charge in [0.2, 0.25) is 0 Å². The van der Waals surface area contributed by atoms with Gasteiger partial charge in [-0.2, -0.15) is 15.2 Å². The molecule has 58 valence electrons. The van der Waals surface area contributed by atoms with Gasteiger partial charge < -0.3 is 6.92 Å². The van der Waals surface area contributed by atoms with Crippen LogP contribution in [0.4, 0.5) is 8.78 Å². The summed E-state index contributed by atoms with van der Waals surface area (Å²) in [6.07, 6.45) is 2.28. The maximum Gasteiger partial charge on any atom is 1.00 e. The smallest absolute Gasteiger partial charge is 0.343 e. The van der Waals surface area contributed by atoms with Crippen molar-refractivity contribution in [2.75, 3.05) is 0 Å². The van der Waals surface area contributed by atoms with Crippen molar-refractivity contribution in [2.45, 2.75) is 23.5 Å². The van der Waals surface area contributed by atoms with E-state index in [-0.39, 0.29) is 18.9 Å². The number of alkyl halides is 4. The Balaban J connectivity index is -0.0000000910.